The van der Waals surface area contributed by atoms with E-state index in [0.717, 1.165) is 8.74 Å². The Morgan fingerprint density at radius 2 is 2.25 bits per heavy atom. The minimum absolute atomic E-state index is 1.10. The van der Waals surface area contributed by atoms with Gasteiger partial charge in [-0.05, 0) is 26.5 Å². The normalized spacial score (nSPS) is 15.8. The Labute approximate surface area is 27.5 Å². The zero-order chi connectivity index (χ0) is 2.99. The van der Waals surface area contributed by atoms with Gasteiger partial charge in [-0.2, -0.15) is 0 Å². The average molecular weight is 68.2 g/mol. The van der Waals surface area contributed by atoms with Crippen molar-refractivity contribution < 1.29 is 0 Å². The highest BCUT2D eigenvalue weighted by molar-refractivity contribution is 6.96. The van der Waals surface area contributed by atoms with Crippen LogP contribution in [-0.4, -0.2) is 19.6 Å². The van der Waals surface area contributed by atoms with Crippen LogP contribution in [0.5, 0.6) is 0 Å². The van der Waals surface area contributed by atoms with Crippen LogP contribution in [0.3, 0.4) is 0 Å². The molecule has 20 valence electrons. The molecule has 0 aromatic rings. The highest BCUT2D eigenvalue weighted by Gasteiger charge is 1.81. The molecule has 0 spiro atoms. The molecular formula is C3H4Si. The maximum atomic E-state index is 2.24. The molecule has 0 unspecified atom stereocenters. The zero-order valence-corrected chi connectivity index (χ0v) is 3.58. The molecule has 0 nitrogen and oxygen atoms in total. The number of hydrogen-bond acceptors (Lipinski definition) is 0. The molecule has 0 aromatic heterocycles. The molecule has 0 fully saturated rings. The predicted molar refractivity (Wildman–Crippen MR) is 22.5 cm³/mol. The third-order valence-corrected chi connectivity index (χ3v) is 1.30. The van der Waals surface area contributed by atoms with Gasteiger partial charge in [0.15, 0.2) is 0 Å². The van der Waals surface area contributed by atoms with E-state index < -0.39 is 0 Å². The Kier molecular flexibility index (Phi) is 0.255. The van der Waals surface area contributed by atoms with E-state index in [4.69, 9.17) is 0 Å². The SMILES string of the molecule is CC1=[Si]=C1. The molecular weight excluding hydrogens is 64.1 g/mol. The highest BCUT2D eigenvalue weighted by atomic mass is 28.2. The summed E-state index contributed by atoms with van der Waals surface area (Å²) < 4.78 is 0. The molecule has 1 rings (SSSR count). The molecule has 4 heavy (non-hydrogen) atoms. The third kappa shape index (κ3) is 0.205. The van der Waals surface area contributed by atoms with Crippen molar-refractivity contribution in [3.8, 4) is 0 Å². The second-order valence-electron chi connectivity index (χ2n) is 0.972. The molecule has 0 aliphatic carbocycles. The van der Waals surface area contributed by atoms with Crippen molar-refractivity contribution in [2.45, 2.75) is 6.92 Å². The monoisotopic (exact) mass is 68.0 g/mol. The Balaban J connectivity index is 2.75. The lowest BCUT2D eigenvalue weighted by Crippen LogP contribution is -1.62. The van der Waals surface area contributed by atoms with Gasteiger partial charge in [0.1, 0.15) is 0 Å². The Hall–Kier alpha value is -0.0431. The lowest BCUT2D eigenvalue weighted by molar-refractivity contribution is 2.10. The molecule has 0 amide bonds. The first-order chi connectivity index (χ1) is 1.89. The molecule has 0 radical (unpaired) electrons. The summed E-state index contributed by atoms with van der Waals surface area (Å²) in [6.07, 6.45) is 0. The fourth-order valence-corrected chi connectivity index (χ4v) is 0.217. The van der Waals surface area contributed by atoms with Crippen molar-refractivity contribution in [3.63, 3.8) is 0 Å². The zero-order valence-electron chi connectivity index (χ0n) is 2.58. The molecule has 0 saturated heterocycles. The average Bonchev–Trinajstić information content (AvgIpc) is 1.75. The van der Waals surface area contributed by atoms with Crippen LogP contribution in [0, 0.1) is 0 Å². The molecule has 1 heteroatoms. The van der Waals surface area contributed by atoms with E-state index in [-0.39, 0.29) is 0 Å². The number of hydrogen-bond donors (Lipinski definition) is 0. The first kappa shape index (κ1) is 2.21. The van der Waals surface area contributed by atoms with Crippen molar-refractivity contribution in [2.24, 2.45) is 0 Å². The second kappa shape index (κ2) is 0.461. The summed E-state index contributed by atoms with van der Waals surface area (Å²) in [5.41, 5.74) is 2.24. The lowest BCUT2D eigenvalue weighted by atomic mass is 10.6. The molecule has 1 aliphatic rings. The predicted octanol–water partition coefficient (Wildman–Crippen LogP) is -0.301. The minimum Gasteiger partial charge on any atom is -0.0424 e. The van der Waals surface area contributed by atoms with E-state index >= 15 is 0 Å². The summed E-state index contributed by atoms with van der Waals surface area (Å²) in [5.74, 6) is 0. The van der Waals surface area contributed by atoms with Gasteiger partial charge in [-0.1, -0.05) is 0 Å². The molecule has 1 aliphatic heterocycles. The van der Waals surface area contributed by atoms with Crippen molar-refractivity contribution in [2.75, 3.05) is 0 Å². The molecule has 0 bridgehead atoms. The lowest BCUT2D eigenvalue weighted by Gasteiger charge is -1.47. The van der Waals surface area contributed by atoms with Crippen LogP contribution in [0.1, 0.15) is 6.92 Å². The molecule has 0 saturated carbocycles. The first-order valence-electron chi connectivity index (χ1n) is 1.33. The Bertz CT molecular complexity index is 85.5. The molecule has 0 atom stereocenters. The second-order valence-corrected chi connectivity index (χ2v) is 2.34. The van der Waals surface area contributed by atoms with Gasteiger partial charge in [-0.15, -0.1) is 0 Å². The van der Waals surface area contributed by atoms with E-state index in [0.29, 0.717) is 0 Å². The quantitative estimate of drug-likeness (QED) is 0.342. The van der Waals surface area contributed by atoms with Crippen LogP contribution in [0.25, 0.3) is 0 Å². The van der Waals surface area contributed by atoms with Gasteiger partial charge in [0.05, 0.1) is 0 Å². The first-order valence-corrected chi connectivity index (χ1v) is 2.40. The number of rotatable bonds is 0. The maximum absolute atomic E-state index is 2.24. The van der Waals surface area contributed by atoms with Crippen molar-refractivity contribution in [1.29, 1.82) is 0 Å². The van der Waals surface area contributed by atoms with E-state index in [1.807, 2.05) is 0 Å². The van der Waals surface area contributed by atoms with Crippen molar-refractivity contribution in [3.05, 3.63) is 0 Å². The maximum Gasteiger partial charge on any atom is -0.0343 e. The Morgan fingerprint density at radius 1 is 2.00 bits per heavy atom. The standard InChI is InChI=1S/C3H4Si/c1-3-2-4-3/h2H,1H3. The van der Waals surface area contributed by atoms with E-state index in [9.17, 15) is 0 Å². The summed E-state index contributed by atoms with van der Waals surface area (Å²) in [4.78, 5) is 0. The van der Waals surface area contributed by atoms with Crippen molar-refractivity contribution in [1.82, 2.24) is 0 Å². The molecule has 0 N–H and O–H groups in total. The summed E-state index contributed by atoms with van der Waals surface area (Å²) in [6, 6.07) is 0. The van der Waals surface area contributed by atoms with Crippen molar-refractivity contribution >= 4 is 19.6 Å². The van der Waals surface area contributed by atoms with Gasteiger partial charge < -0.3 is 0 Å². The summed E-state index contributed by atoms with van der Waals surface area (Å²) in [6.45, 7) is 2.15. The van der Waals surface area contributed by atoms with Crippen LogP contribution in [-0.2, 0) is 0 Å². The van der Waals surface area contributed by atoms with Crippen LogP contribution in [0.15, 0.2) is 0 Å². The Morgan fingerprint density at radius 3 is 2.25 bits per heavy atom. The van der Waals surface area contributed by atoms with E-state index in [1.165, 1.54) is 0 Å². The van der Waals surface area contributed by atoms with Gasteiger partial charge in [-0.3, -0.25) is 0 Å². The summed E-state index contributed by atoms with van der Waals surface area (Å²) >= 11 is 0. The summed E-state index contributed by atoms with van der Waals surface area (Å²) in [7, 11) is 1.10. The smallest absolute Gasteiger partial charge is 0.0343 e. The largest absolute Gasteiger partial charge is 0.0424 e. The van der Waals surface area contributed by atoms with Gasteiger partial charge >= 0.3 is 0 Å². The van der Waals surface area contributed by atoms with Gasteiger partial charge in [0.25, 0.3) is 0 Å². The highest BCUT2D eigenvalue weighted by Crippen LogP contribution is 1.61. The van der Waals surface area contributed by atoms with Gasteiger partial charge in [0.2, 0.25) is 0 Å². The molecule has 0 aromatic carbocycles. The third-order valence-electron chi connectivity index (χ3n) is 0.433. The molecule has 1 heterocycles. The van der Waals surface area contributed by atoms with E-state index in [2.05, 4.69) is 12.6 Å². The van der Waals surface area contributed by atoms with Gasteiger partial charge in [-0.25, -0.2) is 0 Å². The van der Waals surface area contributed by atoms with E-state index in [1.54, 1.807) is 5.17 Å². The minimum atomic E-state index is 1.10. The van der Waals surface area contributed by atoms with Gasteiger partial charge in [0, 0.05) is 0 Å². The fraction of sp³-hybridized carbons (Fsp3) is 0.333. The fourth-order valence-electron chi connectivity index (χ4n) is 0.0722. The van der Waals surface area contributed by atoms with Crippen LogP contribution in [0.2, 0.25) is 0 Å². The van der Waals surface area contributed by atoms with Crippen LogP contribution in [0.4, 0.5) is 0 Å². The van der Waals surface area contributed by atoms with Crippen LogP contribution >= 0.6 is 0 Å². The topological polar surface area (TPSA) is 0 Å². The van der Waals surface area contributed by atoms with Crippen LogP contribution < -0.4 is 0 Å². The summed E-state index contributed by atoms with van der Waals surface area (Å²) in [5, 5.41) is 1.57.